The van der Waals surface area contributed by atoms with Crippen molar-refractivity contribution in [3.8, 4) is 6.07 Å². The molecule has 0 saturated carbocycles. The highest BCUT2D eigenvalue weighted by molar-refractivity contribution is 9.10. The highest BCUT2D eigenvalue weighted by atomic mass is 79.9. The van der Waals surface area contributed by atoms with Crippen LogP contribution in [-0.2, 0) is 22.6 Å². The smallest absolute Gasteiger partial charge is 0.264 e. The third-order valence-corrected chi connectivity index (χ3v) is 7.75. The highest BCUT2D eigenvalue weighted by Gasteiger charge is 2.40. The first-order chi connectivity index (χ1) is 17.4. The van der Waals surface area contributed by atoms with Crippen LogP contribution in [0.25, 0.3) is 0 Å². The second kappa shape index (κ2) is 11.6. The molecular weight excluding hydrogens is 534 g/mol. The highest BCUT2D eigenvalue weighted by Crippen LogP contribution is 2.42. The molecule has 1 saturated heterocycles. The second-order valence-electron chi connectivity index (χ2n) is 8.82. The molecule has 3 aromatic rings. The number of carbonyl (C=O) groups is 2. The fraction of sp³-hybridized carbons (Fsp3) is 0.207. The van der Waals surface area contributed by atoms with E-state index in [9.17, 15) is 14.9 Å². The zero-order valence-electron chi connectivity index (χ0n) is 20.1. The number of amides is 2. The van der Waals surface area contributed by atoms with Crippen molar-refractivity contribution in [1.29, 1.82) is 5.26 Å². The number of nitrogens with zero attached hydrogens (tertiary/aromatic N) is 2. The number of hydrogen-bond donors (Lipinski definition) is 1. The van der Waals surface area contributed by atoms with Crippen LogP contribution in [0.2, 0.25) is 0 Å². The Balaban J connectivity index is 1.67. The average Bonchev–Trinajstić information content (AvgIpc) is 3.20. The summed E-state index contributed by atoms with van der Waals surface area (Å²) in [6.07, 6.45) is 0.491. The lowest BCUT2D eigenvalue weighted by atomic mass is 10.0. The molecule has 1 unspecified atom stereocenters. The molecule has 182 valence electrons. The first-order valence-corrected chi connectivity index (χ1v) is 13.4. The Morgan fingerprint density at radius 2 is 1.69 bits per heavy atom. The van der Waals surface area contributed by atoms with Crippen LogP contribution in [0.5, 0.6) is 0 Å². The van der Waals surface area contributed by atoms with Crippen molar-refractivity contribution in [3.63, 3.8) is 0 Å². The summed E-state index contributed by atoms with van der Waals surface area (Å²) in [7, 11) is 0. The first-order valence-electron chi connectivity index (χ1n) is 11.7. The maximum atomic E-state index is 13.6. The van der Waals surface area contributed by atoms with E-state index in [0.717, 1.165) is 21.2 Å². The van der Waals surface area contributed by atoms with Gasteiger partial charge in [-0.15, -0.1) is 0 Å². The maximum absolute atomic E-state index is 13.6. The minimum absolute atomic E-state index is 0.0597. The van der Waals surface area contributed by atoms with Crippen molar-refractivity contribution in [2.45, 2.75) is 38.0 Å². The fourth-order valence-corrected chi connectivity index (χ4v) is 5.50. The molecule has 5 nitrogen and oxygen atoms in total. The Morgan fingerprint density at radius 1 is 1.03 bits per heavy atom. The lowest BCUT2D eigenvalue weighted by molar-refractivity contribution is -0.117. The molecule has 0 spiro atoms. The van der Waals surface area contributed by atoms with Gasteiger partial charge in [0.2, 0.25) is 5.91 Å². The van der Waals surface area contributed by atoms with Gasteiger partial charge in [-0.1, -0.05) is 96.1 Å². The van der Waals surface area contributed by atoms with Crippen LogP contribution in [0.1, 0.15) is 36.5 Å². The van der Waals surface area contributed by atoms with E-state index in [2.05, 4.69) is 41.2 Å². The standard InChI is InChI=1S/C29H26BrN3O2S/c1-19(2)22-10-14-24(15-11-22)33-28(35)26(16-20-8-12-23(30)13-9-20)36-29(33)25(17-31)27(34)32-18-21-6-4-3-5-7-21/h3-15,19,26H,16,18H2,1-2H3,(H,32,34)/b29-25-. The van der Waals surface area contributed by atoms with E-state index in [1.54, 1.807) is 0 Å². The van der Waals surface area contributed by atoms with E-state index in [1.165, 1.54) is 16.7 Å². The summed E-state index contributed by atoms with van der Waals surface area (Å²) < 4.78 is 0.964. The molecule has 1 N–H and O–H groups in total. The lowest BCUT2D eigenvalue weighted by Gasteiger charge is -2.19. The molecule has 7 heteroatoms. The number of benzene rings is 3. The van der Waals surface area contributed by atoms with Crippen LogP contribution in [0.4, 0.5) is 5.69 Å². The van der Waals surface area contributed by atoms with Gasteiger partial charge < -0.3 is 5.32 Å². The van der Waals surface area contributed by atoms with Crippen LogP contribution in [0, 0.1) is 11.3 Å². The Labute approximate surface area is 224 Å². The van der Waals surface area contributed by atoms with Crippen LogP contribution in [-0.4, -0.2) is 17.1 Å². The van der Waals surface area contributed by atoms with Gasteiger partial charge in [0, 0.05) is 16.7 Å². The summed E-state index contributed by atoms with van der Waals surface area (Å²) in [5, 5.41) is 12.8. The van der Waals surface area contributed by atoms with E-state index >= 15 is 0 Å². The predicted octanol–water partition coefficient (Wildman–Crippen LogP) is 6.32. The van der Waals surface area contributed by atoms with Crippen molar-refractivity contribution in [2.75, 3.05) is 4.90 Å². The summed E-state index contributed by atoms with van der Waals surface area (Å²) >= 11 is 4.72. The number of carbonyl (C=O) groups excluding carboxylic acids is 2. The van der Waals surface area contributed by atoms with Crippen molar-refractivity contribution < 1.29 is 9.59 Å². The van der Waals surface area contributed by atoms with E-state index in [1.807, 2.05) is 78.9 Å². The van der Waals surface area contributed by atoms with Crippen molar-refractivity contribution in [1.82, 2.24) is 5.32 Å². The van der Waals surface area contributed by atoms with Gasteiger partial charge in [0.15, 0.2) is 0 Å². The van der Waals surface area contributed by atoms with E-state index in [0.29, 0.717) is 29.6 Å². The molecular formula is C29H26BrN3O2S. The number of hydrogen-bond acceptors (Lipinski definition) is 4. The van der Waals surface area contributed by atoms with Crippen LogP contribution in [0.15, 0.2) is 93.9 Å². The van der Waals surface area contributed by atoms with Crippen molar-refractivity contribution in [2.24, 2.45) is 0 Å². The molecule has 0 aliphatic carbocycles. The third-order valence-electron chi connectivity index (χ3n) is 5.95. The third kappa shape index (κ3) is 5.89. The molecule has 0 bridgehead atoms. The molecule has 1 atom stereocenters. The predicted molar refractivity (Wildman–Crippen MR) is 148 cm³/mol. The fourth-order valence-electron chi connectivity index (χ4n) is 3.93. The van der Waals surface area contributed by atoms with Gasteiger partial charge in [-0.3, -0.25) is 14.5 Å². The first kappa shape index (κ1) is 25.7. The summed E-state index contributed by atoms with van der Waals surface area (Å²) in [6, 6.07) is 27.1. The molecule has 1 fully saturated rings. The molecule has 1 aliphatic heterocycles. The second-order valence-corrected chi connectivity index (χ2v) is 10.9. The van der Waals surface area contributed by atoms with E-state index in [4.69, 9.17) is 0 Å². The average molecular weight is 561 g/mol. The zero-order valence-corrected chi connectivity index (χ0v) is 22.5. The molecule has 3 aromatic carbocycles. The number of anilines is 1. The number of nitriles is 1. The monoisotopic (exact) mass is 559 g/mol. The number of halogens is 1. The zero-order chi connectivity index (χ0) is 25.7. The number of thioether (sulfide) groups is 1. The Kier molecular flexibility index (Phi) is 8.29. The van der Waals surface area contributed by atoms with Crippen LogP contribution >= 0.6 is 27.7 Å². The molecule has 0 radical (unpaired) electrons. The maximum Gasteiger partial charge on any atom is 0.264 e. The number of nitrogens with one attached hydrogen (secondary N) is 1. The Morgan fingerprint density at radius 3 is 2.31 bits per heavy atom. The lowest BCUT2D eigenvalue weighted by Crippen LogP contribution is -2.32. The van der Waals surface area contributed by atoms with E-state index < -0.39 is 11.2 Å². The molecule has 2 amide bonds. The topological polar surface area (TPSA) is 73.2 Å². The van der Waals surface area contributed by atoms with Gasteiger partial charge in [-0.05, 0) is 53.3 Å². The minimum Gasteiger partial charge on any atom is -0.347 e. The van der Waals surface area contributed by atoms with Gasteiger partial charge >= 0.3 is 0 Å². The van der Waals surface area contributed by atoms with E-state index in [-0.39, 0.29) is 11.5 Å². The normalized spacial score (nSPS) is 16.7. The van der Waals surface area contributed by atoms with Crippen molar-refractivity contribution in [3.05, 3.63) is 111 Å². The van der Waals surface area contributed by atoms with Gasteiger partial charge in [0.1, 0.15) is 16.7 Å². The van der Waals surface area contributed by atoms with Gasteiger partial charge in [-0.2, -0.15) is 5.26 Å². The summed E-state index contributed by atoms with van der Waals surface area (Å²) in [5.41, 5.74) is 3.67. The Hall–Kier alpha value is -3.34. The van der Waals surface area contributed by atoms with Crippen LogP contribution in [0.3, 0.4) is 0 Å². The molecule has 1 heterocycles. The minimum atomic E-state index is -0.496. The Bertz CT molecular complexity index is 1310. The summed E-state index contributed by atoms with van der Waals surface area (Å²) in [5.74, 6) is -0.287. The van der Waals surface area contributed by atoms with Gasteiger partial charge in [0.05, 0.1) is 5.25 Å². The van der Waals surface area contributed by atoms with Crippen molar-refractivity contribution >= 4 is 45.2 Å². The van der Waals surface area contributed by atoms with Gasteiger partial charge in [0.25, 0.3) is 5.91 Å². The largest absolute Gasteiger partial charge is 0.347 e. The molecule has 0 aromatic heterocycles. The molecule has 36 heavy (non-hydrogen) atoms. The SMILES string of the molecule is CC(C)c1ccc(N2C(=O)C(Cc3ccc(Br)cc3)S/C2=C(/C#N)C(=O)NCc2ccccc2)cc1. The molecule has 1 aliphatic rings. The molecule has 4 rings (SSSR count). The number of rotatable bonds is 7. The van der Waals surface area contributed by atoms with Crippen LogP contribution < -0.4 is 10.2 Å². The quantitative estimate of drug-likeness (QED) is 0.271. The summed E-state index contributed by atoms with van der Waals surface area (Å²) in [4.78, 5) is 28.3. The summed E-state index contributed by atoms with van der Waals surface area (Å²) in [6.45, 7) is 4.51. The van der Waals surface area contributed by atoms with Gasteiger partial charge in [-0.25, -0.2) is 0 Å².